The first kappa shape index (κ1) is 23.5. The minimum atomic E-state index is -1.07. The number of halogens is 3. The number of ether oxygens (including phenoxy) is 1. The van der Waals surface area contributed by atoms with Crippen LogP contribution in [0.3, 0.4) is 0 Å². The van der Waals surface area contributed by atoms with E-state index in [0.29, 0.717) is 16.8 Å². The number of benzene rings is 2. The summed E-state index contributed by atoms with van der Waals surface area (Å²) in [6.07, 6.45) is 4.55. The summed E-state index contributed by atoms with van der Waals surface area (Å²) >= 11 is 0. The van der Waals surface area contributed by atoms with Gasteiger partial charge in [0, 0.05) is 48.9 Å². The summed E-state index contributed by atoms with van der Waals surface area (Å²) in [7, 11) is 1.74. The third kappa shape index (κ3) is 6.02. The Bertz CT molecular complexity index is 1370. The number of carbonyl (C=O) groups is 2. The highest BCUT2D eigenvalue weighted by molar-refractivity contribution is 6.01. The first-order valence-electron chi connectivity index (χ1n) is 10.2. The zero-order valence-corrected chi connectivity index (χ0v) is 18.3. The van der Waals surface area contributed by atoms with Crippen molar-refractivity contribution in [1.29, 1.82) is 0 Å². The Morgan fingerprint density at radius 1 is 1.03 bits per heavy atom. The highest BCUT2D eigenvalue weighted by atomic mass is 19.1. The van der Waals surface area contributed by atoms with E-state index in [0.717, 1.165) is 12.1 Å². The number of urea groups is 1. The molecule has 0 aliphatic carbocycles. The number of imide groups is 1. The van der Waals surface area contributed by atoms with Crippen LogP contribution in [0.4, 0.5) is 23.7 Å². The molecule has 2 heterocycles. The molecule has 0 saturated heterocycles. The molecule has 0 spiro atoms. The average molecular weight is 481 g/mol. The summed E-state index contributed by atoms with van der Waals surface area (Å²) in [5.41, 5.74) is 1.44. The van der Waals surface area contributed by atoms with E-state index in [9.17, 15) is 22.8 Å². The molecule has 2 aromatic heterocycles. The maximum atomic E-state index is 14.6. The molecule has 4 rings (SSSR count). The summed E-state index contributed by atoms with van der Waals surface area (Å²) in [6.45, 7) is 0. The van der Waals surface area contributed by atoms with Gasteiger partial charge in [-0.15, -0.1) is 0 Å². The maximum Gasteiger partial charge on any atom is 0.325 e. The van der Waals surface area contributed by atoms with Crippen molar-refractivity contribution in [3.8, 4) is 22.8 Å². The fourth-order valence-corrected chi connectivity index (χ4v) is 3.15. The highest BCUT2D eigenvalue weighted by Gasteiger charge is 2.17. The van der Waals surface area contributed by atoms with Crippen LogP contribution in [-0.4, -0.2) is 26.7 Å². The minimum Gasteiger partial charge on any atom is -0.451 e. The lowest BCUT2D eigenvalue weighted by Gasteiger charge is -2.11. The van der Waals surface area contributed by atoms with Gasteiger partial charge in [0.05, 0.1) is 18.3 Å². The number of aromatic nitrogens is 3. The quantitative estimate of drug-likeness (QED) is 0.420. The van der Waals surface area contributed by atoms with Gasteiger partial charge in [0.1, 0.15) is 11.6 Å². The molecule has 178 valence electrons. The predicted molar refractivity (Wildman–Crippen MR) is 120 cm³/mol. The van der Waals surface area contributed by atoms with E-state index in [1.165, 1.54) is 42.6 Å². The molecule has 0 aliphatic heterocycles. The molecule has 35 heavy (non-hydrogen) atoms. The van der Waals surface area contributed by atoms with Crippen LogP contribution in [0.5, 0.6) is 11.5 Å². The van der Waals surface area contributed by atoms with Crippen molar-refractivity contribution < 1.29 is 27.5 Å². The van der Waals surface area contributed by atoms with Crippen LogP contribution in [-0.2, 0) is 18.3 Å². The van der Waals surface area contributed by atoms with Gasteiger partial charge < -0.3 is 10.1 Å². The topological polar surface area (TPSA) is 98.1 Å². The SMILES string of the molecule is Cn1cc(-c2cc(Oc3c(F)cc(NC(=O)NC(=O)Cc4ccc(F)cc4)cc3F)ccn2)cn1. The molecular weight excluding hydrogens is 463 g/mol. The normalized spacial score (nSPS) is 10.6. The lowest BCUT2D eigenvalue weighted by atomic mass is 10.1. The average Bonchev–Trinajstić information content (AvgIpc) is 3.24. The molecule has 4 aromatic rings. The minimum absolute atomic E-state index is 0.140. The second-order valence-corrected chi connectivity index (χ2v) is 7.46. The van der Waals surface area contributed by atoms with E-state index in [1.807, 2.05) is 5.32 Å². The van der Waals surface area contributed by atoms with Gasteiger partial charge in [-0.1, -0.05) is 12.1 Å². The Morgan fingerprint density at radius 3 is 2.40 bits per heavy atom. The van der Waals surface area contributed by atoms with Crippen molar-refractivity contribution in [1.82, 2.24) is 20.1 Å². The van der Waals surface area contributed by atoms with Gasteiger partial charge in [0.15, 0.2) is 17.4 Å². The number of amides is 3. The first-order chi connectivity index (χ1) is 16.8. The fourth-order valence-electron chi connectivity index (χ4n) is 3.15. The van der Waals surface area contributed by atoms with E-state index in [4.69, 9.17) is 4.74 Å². The van der Waals surface area contributed by atoms with Crippen LogP contribution in [0.25, 0.3) is 11.3 Å². The number of aryl methyl sites for hydroxylation is 1. The smallest absolute Gasteiger partial charge is 0.325 e. The number of hydrogen-bond donors (Lipinski definition) is 2. The summed E-state index contributed by atoms with van der Waals surface area (Å²) in [4.78, 5) is 28.2. The molecule has 3 amide bonds. The molecule has 0 radical (unpaired) electrons. The van der Waals surface area contributed by atoms with E-state index in [2.05, 4.69) is 15.4 Å². The molecule has 2 aromatic carbocycles. The van der Waals surface area contributed by atoms with Crippen LogP contribution in [0.15, 0.2) is 67.1 Å². The summed E-state index contributed by atoms with van der Waals surface area (Å²) in [6, 6.07) is 8.83. The van der Waals surface area contributed by atoms with Crippen LogP contribution < -0.4 is 15.4 Å². The van der Waals surface area contributed by atoms with Gasteiger partial charge in [-0.2, -0.15) is 5.10 Å². The van der Waals surface area contributed by atoms with Crippen molar-refractivity contribution in [3.63, 3.8) is 0 Å². The molecule has 0 fully saturated rings. The van der Waals surface area contributed by atoms with Crippen molar-refractivity contribution in [2.45, 2.75) is 6.42 Å². The summed E-state index contributed by atoms with van der Waals surface area (Å²) < 4.78 is 49.1. The van der Waals surface area contributed by atoms with Gasteiger partial charge in [0.2, 0.25) is 5.91 Å². The summed E-state index contributed by atoms with van der Waals surface area (Å²) in [5.74, 6) is -3.82. The Labute approximate surface area is 197 Å². The van der Waals surface area contributed by atoms with Gasteiger partial charge in [-0.25, -0.2) is 18.0 Å². The molecule has 11 heteroatoms. The molecule has 0 aliphatic rings. The van der Waals surface area contributed by atoms with E-state index in [-0.39, 0.29) is 17.9 Å². The maximum absolute atomic E-state index is 14.6. The fraction of sp³-hybridized carbons (Fsp3) is 0.0833. The lowest BCUT2D eigenvalue weighted by Crippen LogP contribution is -2.35. The Hall–Kier alpha value is -4.67. The zero-order chi connectivity index (χ0) is 24.9. The lowest BCUT2D eigenvalue weighted by molar-refractivity contribution is -0.119. The first-order valence-corrected chi connectivity index (χ1v) is 10.2. The van der Waals surface area contributed by atoms with Crippen LogP contribution in [0, 0.1) is 17.5 Å². The Balaban J connectivity index is 1.41. The largest absolute Gasteiger partial charge is 0.451 e. The second kappa shape index (κ2) is 10.1. The third-order valence-electron chi connectivity index (χ3n) is 4.74. The third-order valence-corrected chi connectivity index (χ3v) is 4.74. The number of rotatable bonds is 6. The summed E-state index contributed by atoms with van der Waals surface area (Å²) in [5, 5.41) is 8.27. The van der Waals surface area contributed by atoms with Gasteiger partial charge in [0.25, 0.3) is 0 Å². The standard InChI is InChI=1S/C24H18F3N5O3/c1-32-13-15(12-29-32)21-11-18(6-7-28-21)35-23-19(26)9-17(10-20(23)27)30-24(34)31-22(33)8-14-2-4-16(25)5-3-14/h2-7,9-13H,8H2,1H3,(H2,30,31,33,34). The number of carbonyl (C=O) groups excluding carboxylic acids is 2. The molecule has 0 saturated carbocycles. The monoisotopic (exact) mass is 481 g/mol. The van der Waals surface area contributed by atoms with E-state index in [1.54, 1.807) is 24.1 Å². The van der Waals surface area contributed by atoms with Crippen molar-refractivity contribution in [2.75, 3.05) is 5.32 Å². The van der Waals surface area contributed by atoms with Gasteiger partial charge >= 0.3 is 6.03 Å². The molecule has 0 unspecified atom stereocenters. The number of pyridine rings is 1. The van der Waals surface area contributed by atoms with Crippen LogP contribution in [0.1, 0.15) is 5.56 Å². The number of nitrogens with zero attached hydrogens (tertiary/aromatic N) is 3. The van der Waals surface area contributed by atoms with E-state index < -0.39 is 35.1 Å². The van der Waals surface area contributed by atoms with Gasteiger partial charge in [-0.05, 0) is 23.8 Å². The molecule has 0 bridgehead atoms. The Kier molecular flexibility index (Phi) is 6.76. The zero-order valence-electron chi connectivity index (χ0n) is 18.3. The second-order valence-electron chi connectivity index (χ2n) is 7.46. The molecular formula is C24H18F3N5O3. The molecule has 2 N–H and O–H groups in total. The Morgan fingerprint density at radius 2 is 1.74 bits per heavy atom. The van der Waals surface area contributed by atoms with Crippen molar-refractivity contribution in [3.05, 3.63) is 90.1 Å². The molecule has 8 nitrogen and oxygen atoms in total. The number of nitrogens with one attached hydrogen (secondary N) is 2. The van der Waals surface area contributed by atoms with Crippen LogP contribution >= 0.6 is 0 Å². The van der Waals surface area contributed by atoms with Crippen molar-refractivity contribution in [2.24, 2.45) is 7.05 Å². The van der Waals surface area contributed by atoms with Gasteiger partial charge in [-0.3, -0.25) is 19.8 Å². The van der Waals surface area contributed by atoms with E-state index >= 15 is 0 Å². The van der Waals surface area contributed by atoms with Crippen molar-refractivity contribution >= 4 is 17.6 Å². The number of anilines is 1. The number of hydrogen-bond acceptors (Lipinski definition) is 5. The highest BCUT2D eigenvalue weighted by Crippen LogP contribution is 2.31. The molecule has 0 atom stereocenters. The predicted octanol–water partition coefficient (Wildman–Crippen LogP) is 4.58. The van der Waals surface area contributed by atoms with Crippen LogP contribution in [0.2, 0.25) is 0 Å².